The summed E-state index contributed by atoms with van der Waals surface area (Å²) in [7, 11) is 0. The van der Waals surface area contributed by atoms with Gasteiger partial charge in [0.05, 0.1) is 0 Å². The monoisotopic (exact) mass is 362 g/mol. The molecule has 1 heterocycles. The van der Waals surface area contributed by atoms with Crippen molar-refractivity contribution in [2.45, 2.75) is 0 Å². The summed E-state index contributed by atoms with van der Waals surface area (Å²) in [4.78, 5) is 11.1. The average Bonchev–Trinajstić information content (AvgIpc) is 2.33. The Morgan fingerprint density at radius 2 is 1.95 bits per heavy atom. The van der Waals surface area contributed by atoms with Gasteiger partial charge >= 0.3 is 5.97 Å². The van der Waals surface area contributed by atoms with Gasteiger partial charge in [0.2, 0.25) is 0 Å². The summed E-state index contributed by atoms with van der Waals surface area (Å²) in [5.74, 6) is -0.873. The van der Waals surface area contributed by atoms with Crippen LogP contribution in [0.25, 0.3) is 0 Å². The zero-order valence-corrected chi connectivity index (χ0v) is 12.2. The molecular weight excluding hydrogens is 359 g/mol. The van der Waals surface area contributed by atoms with Crippen molar-refractivity contribution in [3.8, 4) is 11.5 Å². The molecule has 2 aromatic rings. The van der Waals surface area contributed by atoms with Crippen LogP contribution in [0.15, 0.2) is 28.7 Å². The molecule has 0 spiro atoms. The Morgan fingerprint density at radius 3 is 2.63 bits per heavy atom. The fourth-order valence-electron chi connectivity index (χ4n) is 1.28. The first kappa shape index (κ1) is 14.0. The number of carboxylic acids is 1. The van der Waals surface area contributed by atoms with E-state index in [2.05, 4.69) is 26.1 Å². The van der Waals surface area contributed by atoms with Crippen LogP contribution in [0.1, 0.15) is 10.4 Å². The Bertz CT molecular complexity index is 652. The van der Waals surface area contributed by atoms with E-state index in [1.807, 2.05) is 0 Å². The summed E-state index contributed by atoms with van der Waals surface area (Å²) in [5, 5.41) is 16.3. The van der Waals surface area contributed by atoms with E-state index in [1.54, 1.807) is 6.07 Å². The molecule has 0 aliphatic rings. The maximum Gasteiger partial charge on any atom is 0.339 e. The predicted molar refractivity (Wildman–Crippen MR) is 73.2 cm³/mol. The highest BCUT2D eigenvalue weighted by atomic mass is 79.9. The third-order valence-corrected chi connectivity index (χ3v) is 3.02. The number of carbonyl (C=O) groups is 1. The molecule has 0 bridgehead atoms. The second-order valence-corrected chi connectivity index (χ2v) is 5.03. The van der Waals surface area contributed by atoms with Crippen LogP contribution in [-0.4, -0.2) is 21.3 Å². The van der Waals surface area contributed by atoms with Crippen LogP contribution < -0.4 is 4.74 Å². The van der Waals surface area contributed by atoms with Crippen molar-refractivity contribution in [2.24, 2.45) is 0 Å². The van der Waals surface area contributed by atoms with Crippen molar-refractivity contribution in [2.75, 3.05) is 0 Å². The number of rotatable bonds is 3. The summed E-state index contributed by atoms with van der Waals surface area (Å²) in [6.45, 7) is 0. The lowest BCUT2D eigenvalue weighted by Gasteiger charge is -2.09. The largest absolute Gasteiger partial charge is 0.478 e. The van der Waals surface area contributed by atoms with Crippen molar-refractivity contribution in [3.05, 3.63) is 44.6 Å². The van der Waals surface area contributed by atoms with Gasteiger partial charge in [-0.25, -0.2) is 4.79 Å². The molecule has 1 aromatic heterocycles. The summed E-state index contributed by atoms with van der Waals surface area (Å²) in [6, 6.07) is 5.86. The van der Waals surface area contributed by atoms with Gasteiger partial charge < -0.3 is 9.84 Å². The van der Waals surface area contributed by atoms with E-state index >= 15 is 0 Å². The van der Waals surface area contributed by atoms with Crippen molar-refractivity contribution in [3.63, 3.8) is 0 Å². The van der Waals surface area contributed by atoms with E-state index in [0.29, 0.717) is 4.47 Å². The van der Waals surface area contributed by atoms with Crippen molar-refractivity contribution in [1.82, 2.24) is 10.2 Å². The molecule has 1 aromatic carbocycles. The third-order valence-electron chi connectivity index (χ3n) is 2.08. The van der Waals surface area contributed by atoms with E-state index in [4.69, 9.17) is 33.0 Å². The maximum atomic E-state index is 11.1. The minimum Gasteiger partial charge on any atom is -0.478 e. The number of nitrogens with zero attached hydrogens (tertiary/aromatic N) is 2. The van der Waals surface area contributed by atoms with Crippen molar-refractivity contribution in [1.29, 1.82) is 0 Å². The smallest absolute Gasteiger partial charge is 0.339 e. The van der Waals surface area contributed by atoms with Crippen LogP contribution in [0.2, 0.25) is 10.3 Å². The third kappa shape index (κ3) is 3.34. The van der Waals surface area contributed by atoms with Crippen molar-refractivity contribution >= 4 is 45.1 Å². The number of ether oxygens (including phenoxy) is 1. The Morgan fingerprint density at radius 1 is 1.21 bits per heavy atom. The van der Waals surface area contributed by atoms with Gasteiger partial charge in [-0.2, -0.15) is 0 Å². The fraction of sp³-hybridized carbons (Fsp3) is 0. The normalized spacial score (nSPS) is 10.3. The minimum atomic E-state index is -1.12. The first-order chi connectivity index (χ1) is 8.97. The number of carboxylic acid groups (broad SMARTS) is 1. The standard InChI is InChI=1S/C11H5BrCl2N2O3/c12-5-1-2-6(11(17)18)7(3-5)19-8-4-9(13)15-16-10(8)14/h1-4H,(H,17,18). The molecule has 0 saturated carbocycles. The van der Waals surface area contributed by atoms with E-state index in [1.165, 1.54) is 18.2 Å². The molecule has 1 N–H and O–H groups in total. The molecule has 0 aliphatic carbocycles. The highest BCUT2D eigenvalue weighted by Crippen LogP contribution is 2.32. The number of benzene rings is 1. The second-order valence-electron chi connectivity index (χ2n) is 3.37. The van der Waals surface area contributed by atoms with Gasteiger partial charge in [-0.3, -0.25) is 0 Å². The molecule has 19 heavy (non-hydrogen) atoms. The van der Waals surface area contributed by atoms with Gasteiger partial charge in [-0.1, -0.05) is 39.1 Å². The van der Waals surface area contributed by atoms with Crippen LogP contribution >= 0.6 is 39.1 Å². The molecule has 0 saturated heterocycles. The molecule has 0 atom stereocenters. The van der Waals surface area contributed by atoms with Gasteiger partial charge in [0.25, 0.3) is 0 Å². The van der Waals surface area contributed by atoms with Crippen LogP contribution in [0.5, 0.6) is 11.5 Å². The second kappa shape index (κ2) is 5.73. The number of aromatic nitrogens is 2. The first-order valence-corrected chi connectivity index (χ1v) is 6.41. The molecular formula is C11H5BrCl2N2O3. The summed E-state index contributed by atoms with van der Waals surface area (Å²) >= 11 is 14.7. The highest BCUT2D eigenvalue weighted by Gasteiger charge is 2.15. The molecule has 5 nitrogen and oxygen atoms in total. The molecule has 0 amide bonds. The first-order valence-electron chi connectivity index (χ1n) is 4.87. The zero-order valence-electron chi connectivity index (χ0n) is 9.10. The average molecular weight is 364 g/mol. The van der Waals surface area contributed by atoms with Gasteiger partial charge in [0.15, 0.2) is 16.1 Å². The lowest BCUT2D eigenvalue weighted by atomic mass is 10.2. The Kier molecular flexibility index (Phi) is 4.24. The summed E-state index contributed by atoms with van der Waals surface area (Å²) in [5.41, 5.74) is -0.00722. The number of hydrogen-bond acceptors (Lipinski definition) is 4. The van der Waals surface area contributed by atoms with E-state index in [9.17, 15) is 4.79 Å². The molecule has 0 aliphatic heterocycles. The molecule has 8 heteroatoms. The van der Waals surface area contributed by atoms with Crippen molar-refractivity contribution < 1.29 is 14.6 Å². The number of halogens is 3. The molecule has 0 unspecified atom stereocenters. The SMILES string of the molecule is O=C(O)c1ccc(Br)cc1Oc1cc(Cl)nnc1Cl. The lowest BCUT2D eigenvalue weighted by molar-refractivity contribution is 0.0694. The zero-order chi connectivity index (χ0) is 14.0. The summed E-state index contributed by atoms with van der Waals surface area (Å²) < 4.78 is 6.10. The van der Waals surface area contributed by atoms with Crippen LogP contribution in [0, 0.1) is 0 Å². The van der Waals surface area contributed by atoms with Crippen LogP contribution in [0.4, 0.5) is 0 Å². The lowest BCUT2D eigenvalue weighted by Crippen LogP contribution is -2.00. The van der Waals surface area contributed by atoms with Crippen LogP contribution in [0.3, 0.4) is 0 Å². The van der Waals surface area contributed by atoms with E-state index in [0.717, 1.165) is 0 Å². The maximum absolute atomic E-state index is 11.1. The topological polar surface area (TPSA) is 72.3 Å². The van der Waals surface area contributed by atoms with Gasteiger partial charge in [0, 0.05) is 10.5 Å². The Balaban J connectivity index is 2.45. The van der Waals surface area contributed by atoms with Gasteiger partial charge in [-0.05, 0) is 18.2 Å². The highest BCUT2D eigenvalue weighted by molar-refractivity contribution is 9.10. The molecule has 2 rings (SSSR count). The quantitative estimate of drug-likeness (QED) is 0.890. The molecule has 98 valence electrons. The Labute approximate surface area is 126 Å². The number of aromatic carboxylic acids is 1. The van der Waals surface area contributed by atoms with Gasteiger partial charge in [0.1, 0.15) is 11.3 Å². The summed E-state index contributed by atoms with van der Waals surface area (Å²) in [6.07, 6.45) is 0. The van der Waals surface area contributed by atoms with Gasteiger partial charge in [-0.15, -0.1) is 10.2 Å². The fourth-order valence-corrected chi connectivity index (χ4v) is 1.89. The minimum absolute atomic E-state index is 0.00722. The predicted octanol–water partition coefficient (Wildman–Crippen LogP) is 4.04. The Hall–Kier alpha value is -1.37. The molecule has 0 fully saturated rings. The molecule has 0 radical (unpaired) electrons. The van der Waals surface area contributed by atoms with Crippen LogP contribution in [-0.2, 0) is 0 Å². The van der Waals surface area contributed by atoms with E-state index < -0.39 is 5.97 Å². The van der Waals surface area contributed by atoms with E-state index in [-0.39, 0.29) is 27.4 Å². The number of hydrogen-bond donors (Lipinski definition) is 1.